The highest BCUT2D eigenvalue weighted by Crippen LogP contribution is 2.66. The number of alkyl halides is 2. The smallest absolute Gasteiger partial charge is 0.258 e. The summed E-state index contributed by atoms with van der Waals surface area (Å²) >= 11 is 18.1. The van der Waals surface area contributed by atoms with Crippen LogP contribution in [-0.4, -0.2) is 38.5 Å². The van der Waals surface area contributed by atoms with Crippen LogP contribution in [0.2, 0.25) is 0 Å². The van der Waals surface area contributed by atoms with Crippen LogP contribution in [0.25, 0.3) is 6.08 Å². The molecule has 0 aromatic heterocycles. The van der Waals surface area contributed by atoms with Crippen molar-refractivity contribution in [2.75, 3.05) is 9.80 Å². The minimum Gasteiger partial charge on any atom is -0.508 e. The van der Waals surface area contributed by atoms with Crippen LogP contribution in [0.3, 0.4) is 0 Å². The molecule has 0 unspecified atom stereocenters. The Hall–Kier alpha value is -3.79. The summed E-state index contributed by atoms with van der Waals surface area (Å²) in [5, 5.41) is 11.1. The molecule has 0 bridgehead atoms. The molecule has 228 valence electrons. The molecular formula is C34H24BrCl2FN2O5. The first kappa shape index (κ1) is 29.9. The van der Waals surface area contributed by atoms with Gasteiger partial charge in [0.1, 0.15) is 11.6 Å². The van der Waals surface area contributed by atoms with E-state index in [0.29, 0.717) is 15.7 Å². The van der Waals surface area contributed by atoms with Crippen molar-refractivity contribution in [3.63, 3.8) is 0 Å². The van der Waals surface area contributed by atoms with Crippen LogP contribution < -0.4 is 9.80 Å². The second-order valence-corrected chi connectivity index (χ2v) is 13.9. The monoisotopic (exact) mass is 708 g/mol. The largest absolute Gasteiger partial charge is 0.508 e. The van der Waals surface area contributed by atoms with Crippen molar-refractivity contribution in [3.05, 3.63) is 106 Å². The van der Waals surface area contributed by atoms with Gasteiger partial charge in [-0.1, -0.05) is 52.4 Å². The standard InChI is InChI=1S/C34H24BrCl2FN2O5/c1-2-17-3-8-20(9-4-17)39-29(42)23-13-12-22-25(27(23)30(39)43)16-33(36)31(44)40(21-10-6-19(38)7-11-21)32(45)34(33,37)28(22)24-15-18(35)5-14-26(24)41/h2-12,14-15,23,25,27-28,41H,1,13,16H2/t23-,25+,27-,28+,33+,34-/m0/s1. The van der Waals surface area contributed by atoms with Crippen molar-refractivity contribution in [2.45, 2.75) is 28.5 Å². The number of aromatic hydroxyl groups is 1. The summed E-state index contributed by atoms with van der Waals surface area (Å²) in [6, 6.07) is 16.3. The molecule has 7 nitrogen and oxygen atoms in total. The Kier molecular flexibility index (Phi) is 6.89. The fourth-order valence-electron chi connectivity index (χ4n) is 7.51. The molecule has 3 aromatic carbocycles. The molecule has 1 N–H and O–H groups in total. The third-order valence-electron chi connectivity index (χ3n) is 9.58. The lowest BCUT2D eigenvalue weighted by molar-refractivity contribution is -0.125. The number of hydrogen-bond acceptors (Lipinski definition) is 5. The Morgan fingerprint density at radius 1 is 0.889 bits per heavy atom. The minimum absolute atomic E-state index is 0.0779. The third-order valence-corrected chi connectivity index (χ3v) is 11.5. The van der Waals surface area contributed by atoms with Crippen LogP contribution in [-0.2, 0) is 19.2 Å². The first-order valence-electron chi connectivity index (χ1n) is 14.2. The second-order valence-electron chi connectivity index (χ2n) is 11.8. The minimum atomic E-state index is -2.14. The Morgan fingerprint density at radius 2 is 1.53 bits per heavy atom. The first-order chi connectivity index (χ1) is 21.4. The van der Waals surface area contributed by atoms with Crippen molar-refractivity contribution in [2.24, 2.45) is 17.8 Å². The molecule has 0 spiro atoms. The molecule has 11 heteroatoms. The number of carbonyl (C=O) groups excluding carboxylic acids is 4. The molecule has 2 aliphatic heterocycles. The normalized spacial score (nSPS) is 30.6. The zero-order chi connectivity index (χ0) is 32.0. The number of rotatable bonds is 4. The number of amides is 4. The van der Waals surface area contributed by atoms with Crippen molar-refractivity contribution in [3.8, 4) is 5.75 Å². The average Bonchev–Trinajstić information content (AvgIpc) is 3.37. The van der Waals surface area contributed by atoms with Crippen LogP contribution >= 0.6 is 39.1 Å². The molecule has 7 rings (SSSR count). The zero-order valence-corrected chi connectivity index (χ0v) is 26.5. The molecular weight excluding hydrogens is 686 g/mol. The van der Waals surface area contributed by atoms with E-state index in [1.165, 1.54) is 23.1 Å². The SMILES string of the molecule is C=Cc1ccc(N2C(=O)[C@H]3[C@H](CC=C4[C@H]3C[C@@]3(Cl)C(=O)N(c5ccc(F)cc5)C(=O)[C@@]3(Cl)[C@H]4c3cc(Br)ccc3O)C2=O)cc1. The van der Waals surface area contributed by atoms with Gasteiger partial charge in [0.25, 0.3) is 11.8 Å². The molecule has 3 fully saturated rings. The van der Waals surface area contributed by atoms with Crippen LogP contribution in [0, 0.1) is 23.6 Å². The van der Waals surface area contributed by atoms with Crippen molar-refractivity contribution >= 4 is 80.2 Å². The molecule has 4 amide bonds. The van der Waals surface area contributed by atoms with E-state index in [0.717, 1.165) is 22.6 Å². The van der Waals surface area contributed by atoms with E-state index in [1.54, 1.807) is 48.6 Å². The molecule has 2 heterocycles. The maximum atomic E-state index is 14.4. The van der Waals surface area contributed by atoms with Gasteiger partial charge in [-0.15, -0.1) is 23.2 Å². The number of hydrogen-bond donors (Lipinski definition) is 1. The molecule has 0 radical (unpaired) electrons. The number of allylic oxidation sites excluding steroid dienone is 2. The summed E-state index contributed by atoms with van der Waals surface area (Å²) < 4.78 is 14.4. The maximum absolute atomic E-state index is 14.4. The second kappa shape index (κ2) is 10.4. The summed E-state index contributed by atoms with van der Waals surface area (Å²) in [6.07, 6.45) is 3.41. The first-order valence-corrected chi connectivity index (χ1v) is 15.8. The average molecular weight is 710 g/mol. The van der Waals surface area contributed by atoms with E-state index in [1.807, 2.05) is 0 Å². The lowest BCUT2D eigenvalue weighted by atomic mass is 9.56. The highest BCUT2D eigenvalue weighted by molar-refractivity contribution is 9.10. The van der Waals surface area contributed by atoms with E-state index in [4.69, 9.17) is 23.2 Å². The fraction of sp³-hybridized carbons (Fsp3) is 0.235. The predicted octanol–water partition coefficient (Wildman–Crippen LogP) is 6.70. The van der Waals surface area contributed by atoms with E-state index in [2.05, 4.69) is 22.5 Å². The molecule has 45 heavy (non-hydrogen) atoms. The van der Waals surface area contributed by atoms with E-state index < -0.39 is 57.0 Å². The Bertz CT molecular complexity index is 1860. The molecule has 1 saturated carbocycles. The van der Waals surface area contributed by atoms with Crippen LogP contribution in [0.4, 0.5) is 15.8 Å². The van der Waals surface area contributed by atoms with Crippen LogP contribution in [0.15, 0.2) is 89.4 Å². The van der Waals surface area contributed by atoms with Gasteiger partial charge >= 0.3 is 0 Å². The maximum Gasteiger partial charge on any atom is 0.258 e. The molecule has 3 aromatic rings. The van der Waals surface area contributed by atoms with Crippen molar-refractivity contribution in [1.82, 2.24) is 0 Å². The highest BCUT2D eigenvalue weighted by Gasteiger charge is 2.77. The predicted molar refractivity (Wildman–Crippen MR) is 171 cm³/mol. The number of benzene rings is 3. The van der Waals surface area contributed by atoms with Crippen molar-refractivity contribution in [1.29, 1.82) is 0 Å². The number of imide groups is 2. The van der Waals surface area contributed by atoms with Crippen LogP contribution in [0.1, 0.15) is 29.9 Å². The zero-order valence-electron chi connectivity index (χ0n) is 23.4. The number of phenolic OH excluding ortho intramolecular Hbond substituents is 1. The number of fused-ring (bicyclic) bond motifs is 4. The van der Waals surface area contributed by atoms with Gasteiger partial charge in [-0.05, 0) is 78.9 Å². The lowest BCUT2D eigenvalue weighted by Crippen LogP contribution is -2.60. The summed E-state index contributed by atoms with van der Waals surface area (Å²) in [5.74, 6) is -6.79. The van der Waals surface area contributed by atoms with Gasteiger partial charge < -0.3 is 5.11 Å². The quantitative estimate of drug-likeness (QED) is 0.185. The molecule has 6 atom stereocenters. The molecule has 2 saturated heterocycles. The summed E-state index contributed by atoms with van der Waals surface area (Å²) in [4.78, 5) is 54.4. The number of anilines is 2. The van der Waals surface area contributed by atoms with Gasteiger partial charge in [0.2, 0.25) is 11.8 Å². The van der Waals surface area contributed by atoms with Crippen LogP contribution in [0.5, 0.6) is 5.75 Å². The van der Waals surface area contributed by atoms with Gasteiger partial charge in [0.05, 0.1) is 23.2 Å². The van der Waals surface area contributed by atoms with Gasteiger partial charge in [0.15, 0.2) is 9.75 Å². The number of halogens is 4. The highest BCUT2D eigenvalue weighted by atomic mass is 79.9. The summed E-state index contributed by atoms with van der Waals surface area (Å²) in [6.45, 7) is 3.74. The van der Waals surface area contributed by atoms with E-state index in [-0.39, 0.29) is 35.7 Å². The summed E-state index contributed by atoms with van der Waals surface area (Å²) in [7, 11) is 0. The molecule has 2 aliphatic carbocycles. The van der Waals surface area contributed by atoms with Crippen molar-refractivity contribution < 1.29 is 28.7 Å². The Balaban J connectivity index is 1.40. The molecule has 4 aliphatic rings. The topological polar surface area (TPSA) is 95.0 Å². The number of nitrogens with zero attached hydrogens (tertiary/aromatic N) is 2. The van der Waals surface area contributed by atoms with Gasteiger partial charge in [0, 0.05) is 16.0 Å². The van der Waals surface area contributed by atoms with E-state index in [9.17, 15) is 28.7 Å². The Labute approximate surface area is 276 Å². The number of carbonyl (C=O) groups is 4. The Morgan fingerprint density at radius 3 is 2.20 bits per heavy atom. The lowest BCUT2D eigenvalue weighted by Gasteiger charge is -2.50. The van der Waals surface area contributed by atoms with E-state index >= 15 is 0 Å². The third kappa shape index (κ3) is 4.06. The van der Waals surface area contributed by atoms with Gasteiger partial charge in [-0.25, -0.2) is 9.29 Å². The summed E-state index contributed by atoms with van der Waals surface area (Å²) in [5.41, 5.74) is 2.08. The fourth-order valence-corrected chi connectivity index (χ4v) is 8.82. The van der Waals surface area contributed by atoms with Gasteiger partial charge in [-0.3, -0.25) is 24.1 Å². The van der Waals surface area contributed by atoms with Gasteiger partial charge in [-0.2, -0.15) is 0 Å². The number of phenols is 1.